The van der Waals surface area contributed by atoms with E-state index in [2.05, 4.69) is 5.10 Å². The lowest BCUT2D eigenvalue weighted by Gasteiger charge is -2.30. The van der Waals surface area contributed by atoms with Crippen molar-refractivity contribution in [3.8, 4) is 5.75 Å². The Labute approximate surface area is 153 Å². The van der Waals surface area contributed by atoms with E-state index in [1.54, 1.807) is 15.8 Å². The Morgan fingerprint density at radius 2 is 2.15 bits per heavy atom. The van der Waals surface area contributed by atoms with E-state index in [1.165, 1.54) is 0 Å². The fourth-order valence-corrected chi connectivity index (χ4v) is 2.94. The van der Waals surface area contributed by atoms with E-state index in [1.807, 2.05) is 43.3 Å². The van der Waals surface area contributed by atoms with Crippen LogP contribution in [0.3, 0.4) is 0 Å². The fraction of sp³-hybridized carbons (Fsp3) is 0.474. The Hall–Kier alpha value is -2.38. The molecule has 0 spiro atoms. The number of rotatable bonds is 6. The minimum absolute atomic E-state index is 0.0245. The molecule has 1 aliphatic heterocycles. The standard InChI is InChI=1S/C19H25N3O4/c1-16-7-9-20-22(16)10-8-18(23)21-11-12-25-14-19(24,13-21)15-26-17-5-3-2-4-6-17/h2-7,9,24H,8,10-15H2,1H3/t19-/m1/s1. The lowest BCUT2D eigenvalue weighted by Crippen LogP contribution is -2.50. The van der Waals surface area contributed by atoms with Crippen LogP contribution >= 0.6 is 0 Å². The molecule has 0 unspecified atom stereocenters. The molecule has 1 N–H and O–H groups in total. The highest BCUT2D eigenvalue weighted by Gasteiger charge is 2.35. The van der Waals surface area contributed by atoms with Crippen molar-refractivity contribution in [2.75, 3.05) is 32.9 Å². The molecule has 1 atom stereocenters. The first-order valence-electron chi connectivity index (χ1n) is 8.80. The highest BCUT2D eigenvalue weighted by molar-refractivity contribution is 5.76. The van der Waals surface area contributed by atoms with Crippen LogP contribution in [-0.4, -0.2) is 64.2 Å². The van der Waals surface area contributed by atoms with Crippen LogP contribution in [0.15, 0.2) is 42.6 Å². The molecule has 140 valence electrons. The second-order valence-electron chi connectivity index (χ2n) is 6.64. The molecule has 1 fully saturated rings. The molecular weight excluding hydrogens is 334 g/mol. The van der Waals surface area contributed by atoms with E-state index < -0.39 is 5.60 Å². The van der Waals surface area contributed by atoms with Crippen LogP contribution in [0.25, 0.3) is 0 Å². The summed E-state index contributed by atoms with van der Waals surface area (Å²) in [5.41, 5.74) is -0.214. The molecule has 7 heteroatoms. The molecule has 2 aromatic rings. The van der Waals surface area contributed by atoms with E-state index >= 15 is 0 Å². The third-order valence-corrected chi connectivity index (χ3v) is 4.43. The molecule has 1 aromatic carbocycles. The number of aromatic nitrogens is 2. The third kappa shape index (κ3) is 4.83. The second-order valence-corrected chi connectivity index (χ2v) is 6.64. The number of carbonyl (C=O) groups is 1. The van der Waals surface area contributed by atoms with Crippen molar-refractivity contribution < 1.29 is 19.4 Å². The van der Waals surface area contributed by atoms with E-state index in [0.717, 1.165) is 5.69 Å². The molecule has 3 rings (SSSR count). The fourth-order valence-electron chi connectivity index (χ4n) is 2.94. The maximum absolute atomic E-state index is 12.6. The van der Waals surface area contributed by atoms with Crippen LogP contribution in [-0.2, 0) is 16.1 Å². The third-order valence-electron chi connectivity index (χ3n) is 4.43. The van der Waals surface area contributed by atoms with Gasteiger partial charge in [-0.05, 0) is 25.1 Å². The molecule has 0 radical (unpaired) electrons. The summed E-state index contributed by atoms with van der Waals surface area (Å²) < 4.78 is 13.0. The van der Waals surface area contributed by atoms with Crippen LogP contribution in [0.5, 0.6) is 5.75 Å². The molecule has 2 heterocycles. The topological polar surface area (TPSA) is 76.8 Å². The first-order valence-corrected chi connectivity index (χ1v) is 8.80. The van der Waals surface area contributed by atoms with Crippen LogP contribution < -0.4 is 4.74 Å². The van der Waals surface area contributed by atoms with E-state index in [4.69, 9.17) is 9.47 Å². The number of ether oxygens (including phenoxy) is 2. The van der Waals surface area contributed by atoms with Crippen LogP contribution in [0.2, 0.25) is 0 Å². The van der Waals surface area contributed by atoms with Crippen molar-refractivity contribution >= 4 is 5.91 Å². The smallest absolute Gasteiger partial charge is 0.224 e. The second kappa shape index (κ2) is 8.33. The largest absolute Gasteiger partial charge is 0.490 e. The molecular formula is C19H25N3O4. The van der Waals surface area contributed by atoms with E-state index in [-0.39, 0.29) is 25.7 Å². The Morgan fingerprint density at radius 3 is 2.88 bits per heavy atom. The SMILES string of the molecule is Cc1ccnn1CCC(=O)N1CCOC[C@@](O)(COc2ccccc2)C1. The number of aryl methyl sites for hydroxylation is 2. The van der Waals surface area contributed by atoms with Gasteiger partial charge in [-0.1, -0.05) is 18.2 Å². The number of hydrogen-bond donors (Lipinski definition) is 1. The first-order chi connectivity index (χ1) is 12.6. The van der Waals surface area contributed by atoms with Crippen molar-refractivity contribution in [2.45, 2.75) is 25.5 Å². The predicted octanol–water partition coefficient (Wildman–Crippen LogP) is 1.25. The number of para-hydroxylation sites is 1. The Balaban J connectivity index is 1.57. The molecule has 0 saturated carbocycles. The number of benzene rings is 1. The van der Waals surface area contributed by atoms with Crippen LogP contribution in [0.4, 0.5) is 0 Å². The molecule has 0 aliphatic carbocycles. The van der Waals surface area contributed by atoms with Crippen LogP contribution in [0.1, 0.15) is 12.1 Å². The lowest BCUT2D eigenvalue weighted by molar-refractivity contribution is -0.135. The Bertz CT molecular complexity index is 719. The van der Waals surface area contributed by atoms with E-state index in [0.29, 0.717) is 31.9 Å². The lowest BCUT2D eigenvalue weighted by atomic mass is 10.1. The maximum atomic E-state index is 12.6. The average molecular weight is 359 g/mol. The zero-order valence-corrected chi connectivity index (χ0v) is 15.0. The molecule has 1 aliphatic rings. The number of carbonyl (C=O) groups excluding carboxylic acids is 1. The van der Waals surface area contributed by atoms with Gasteiger partial charge in [0, 0.05) is 31.4 Å². The highest BCUT2D eigenvalue weighted by atomic mass is 16.5. The monoisotopic (exact) mass is 359 g/mol. The van der Waals surface area contributed by atoms with Gasteiger partial charge < -0.3 is 19.5 Å². The zero-order valence-electron chi connectivity index (χ0n) is 15.0. The highest BCUT2D eigenvalue weighted by Crippen LogP contribution is 2.17. The number of hydrogen-bond acceptors (Lipinski definition) is 5. The van der Waals surface area contributed by atoms with Gasteiger partial charge in [0.15, 0.2) is 0 Å². The van der Waals surface area contributed by atoms with Crippen LogP contribution in [0, 0.1) is 6.92 Å². The van der Waals surface area contributed by atoms with E-state index in [9.17, 15) is 9.90 Å². The van der Waals surface area contributed by atoms with Gasteiger partial charge in [0.05, 0.1) is 19.8 Å². The van der Waals surface area contributed by atoms with Gasteiger partial charge in [-0.3, -0.25) is 9.48 Å². The summed E-state index contributed by atoms with van der Waals surface area (Å²) in [7, 11) is 0. The van der Waals surface area contributed by atoms with Crippen molar-refractivity contribution in [2.24, 2.45) is 0 Å². The molecule has 26 heavy (non-hydrogen) atoms. The summed E-state index contributed by atoms with van der Waals surface area (Å²) >= 11 is 0. The minimum atomic E-state index is -1.23. The van der Waals surface area contributed by atoms with Crippen molar-refractivity contribution in [3.63, 3.8) is 0 Å². The summed E-state index contributed by atoms with van der Waals surface area (Å²) in [5.74, 6) is 0.653. The molecule has 0 bridgehead atoms. The molecule has 1 aromatic heterocycles. The van der Waals surface area contributed by atoms with Gasteiger partial charge in [-0.15, -0.1) is 0 Å². The molecule has 1 amide bonds. The van der Waals surface area contributed by atoms with Crippen molar-refractivity contribution in [1.82, 2.24) is 14.7 Å². The Morgan fingerprint density at radius 1 is 1.35 bits per heavy atom. The number of nitrogens with zero attached hydrogens (tertiary/aromatic N) is 3. The summed E-state index contributed by atoms with van der Waals surface area (Å²) in [6.45, 7) is 3.74. The Kier molecular flexibility index (Phi) is 5.90. The van der Waals surface area contributed by atoms with Gasteiger partial charge >= 0.3 is 0 Å². The summed E-state index contributed by atoms with van der Waals surface area (Å²) in [5, 5.41) is 15.1. The predicted molar refractivity (Wildman–Crippen MR) is 95.9 cm³/mol. The number of β-amino-alcohol motifs (C(OH)–C–C–N with tert-alkyl or cyclic N) is 1. The average Bonchev–Trinajstić information content (AvgIpc) is 2.95. The van der Waals surface area contributed by atoms with Gasteiger partial charge in [0.2, 0.25) is 5.91 Å². The zero-order chi connectivity index (χ0) is 18.4. The minimum Gasteiger partial charge on any atom is -0.490 e. The van der Waals surface area contributed by atoms with Crippen molar-refractivity contribution in [1.29, 1.82) is 0 Å². The number of amides is 1. The maximum Gasteiger partial charge on any atom is 0.224 e. The number of aliphatic hydroxyl groups is 1. The summed E-state index contributed by atoms with van der Waals surface area (Å²) in [6, 6.07) is 11.2. The summed E-state index contributed by atoms with van der Waals surface area (Å²) in [6.07, 6.45) is 2.05. The quantitative estimate of drug-likeness (QED) is 0.840. The molecule has 7 nitrogen and oxygen atoms in total. The van der Waals surface area contributed by atoms with Gasteiger partial charge in [0.1, 0.15) is 18.0 Å². The van der Waals surface area contributed by atoms with Gasteiger partial charge in [0.25, 0.3) is 0 Å². The normalized spacial score (nSPS) is 20.6. The first kappa shape index (κ1) is 18.4. The summed E-state index contributed by atoms with van der Waals surface area (Å²) in [4.78, 5) is 14.2. The van der Waals surface area contributed by atoms with Gasteiger partial charge in [-0.2, -0.15) is 5.10 Å². The molecule has 1 saturated heterocycles. The van der Waals surface area contributed by atoms with Crippen molar-refractivity contribution in [3.05, 3.63) is 48.3 Å². The van der Waals surface area contributed by atoms with Gasteiger partial charge in [-0.25, -0.2) is 0 Å².